The van der Waals surface area contributed by atoms with E-state index in [4.69, 9.17) is 4.74 Å². The second-order valence-corrected chi connectivity index (χ2v) is 6.38. The molecule has 0 bridgehead atoms. The molecule has 1 amide bonds. The van der Waals surface area contributed by atoms with E-state index in [1.165, 1.54) is 41.8 Å². The van der Waals surface area contributed by atoms with Crippen LogP contribution in [0.25, 0.3) is 0 Å². The third-order valence-corrected chi connectivity index (χ3v) is 4.10. The van der Waals surface area contributed by atoms with Crippen LogP contribution in [0.15, 0.2) is 60.2 Å². The van der Waals surface area contributed by atoms with E-state index in [1.807, 2.05) is 0 Å². The zero-order chi connectivity index (χ0) is 19.3. The second kappa shape index (κ2) is 8.17. The molecule has 3 aromatic rings. The van der Waals surface area contributed by atoms with E-state index in [9.17, 15) is 18.0 Å². The number of rotatable bonds is 6. The molecule has 140 valence electrons. The maximum Gasteiger partial charge on any atom is 0.406 e. The van der Waals surface area contributed by atoms with Crippen molar-refractivity contribution in [1.82, 2.24) is 14.9 Å². The number of aromatic nitrogens is 2. The number of pyridine rings is 1. The van der Waals surface area contributed by atoms with E-state index >= 15 is 0 Å². The molecule has 2 heterocycles. The molecule has 2 aromatic heterocycles. The Hall–Kier alpha value is -2.94. The number of hydrogen-bond donors (Lipinski definition) is 0. The molecule has 0 aliphatic rings. The molecular weight excluding hydrogens is 379 g/mol. The summed E-state index contributed by atoms with van der Waals surface area (Å²) in [5, 5.41) is 2.18. The molecule has 0 atom stereocenters. The Labute approximate surface area is 157 Å². The minimum absolute atomic E-state index is 0.127. The molecular formula is C18H14F3N3O2S. The zero-order valence-electron chi connectivity index (χ0n) is 13.9. The quantitative estimate of drug-likeness (QED) is 0.617. The Kier molecular flexibility index (Phi) is 5.70. The lowest BCUT2D eigenvalue weighted by atomic mass is 10.2. The highest BCUT2D eigenvalue weighted by atomic mass is 32.1. The number of halogens is 3. The number of alkyl halides is 3. The van der Waals surface area contributed by atoms with E-state index in [-0.39, 0.29) is 12.1 Å². The SMILES string of the molecule is O=C(c1ccc(Oc2nccs2)cc1)N(Cc1ccccn1)CC(F)(F)F. The molecule has 0 aliphatic heterocycles. The fourth-order valence-electron chi connectivity index (χ4n) is 2.31. The summed E-state index contributed by atoms with van der Waals surface area (Å²) >= 11 is 1.30. The first-order valence-corrected chi connectivity index (χ1v) is 8.72. The van der Waals surface area contributed by atoms with Crippen LogP contribution in [0.2, 0.25) is 0 Å². The van der Waals surface area contributed by atoms with Crippen LogP contribution in [0.5, 0.6) is 10.9 Å². The number of benzene rings is 1. The molecule has 27 heavy (non-hydrogen) atoms. The van der Waals surface area contributed by atoms with E-state index in [1.54, 1.807) is 29.8 Å². The highest BCUT2D eigenvalue weighted by molar-refractivity contribution is 7.11. The maximum absolute atomic E-state index is 12.9. The lowest BCUT2D eigenvalue weighted by molar-refractivity contribution is -0.141. The third kappa shape index (κ3) is 5.52. The Morgan fingerprint density at radius 2 is 1.85 bits per heavy atom. The number of thiazole rings is 1. The van der Waals surface area contributed by atoms with Gasteiger partial charge in [0.2, 0.25) is 0 Å². The first-order valence-electron chi connectivity index (χ1n) is 7.84. The van der Waals surface area contributed by atoms with E-state index in [0.717, 1.165) is 4.90 Å². The molecule has 0 fully saturated rings. The van der Waals surface area contributed by atoms with Gasteiger partial charge in [-0.05, 0) is 36.4 Å². The van der Waals surface area contributed by atoms with Crippen LogP contribution in [0.3, 0.4) is 0 Å². The van der Waals surface area contributed by atoms with Crippen LogP contribution in [0.1, 0.15) is 16.1 Å². The smallest absolute Gasteiger partial charge is 0.406 e. The third-order valence-electron chi connectivity index (χ3n) is 3.45. The molecule has 5 nitrogen and oxygen atoms in total. The first kappa shape index (κ1) is 18.8. The number of hydrogen-bond acceptors (Lipinski definition) is 5. The molecule has 0 N–H and O–H groups in total. The van der Waals surface area contributed by atoms with Gasteiger partial charge in [-0.1, -0.05) is 17.4 Å². The summed E-state index contributed by atoms with van der Waals surface area (Å²) in [6.45, 7) is -1.60. The van der Waals surface area contributed by atoms with Gasteiger partial charge in [0.15, 0.2) is 0 Å². The lowest BCUT2D eigenvalue weighted by Crippen LogP contribution is -2.38. The standard InChI is InChI=1S/C18H14F3N3O2S/c19-18(20,21)12-24(11-14-3-1-2-8-22-14)16(25)13-4-6-15(7-5-13)26-17-23-9-10-27-17/h1-10H,11-12H2. The predicted molar refractivity (Wildman–Crippen MR) is 93.7 cm³/mol. The van der Waals surface area contributed by atoms with Crippen molar-refractivity contribution in [1.29, 1.82) is 0 Å². The minimum atomic E-state index is -4.52. The number of carbonyl (C=O) groups excluding carboxylic acids is 1. The van der Waals surface area contributed by atoms with Gasteiger partial charge < -0.3 is 9.64 Å². The normalized spacial score (nSPS) is 11.2. The Morgan fingerprint density at radius 3 is 2.44 bits per heavy atom. The molecule has 0 saturated carbocycles. The van der Waals surface area contributed by atoms with Gasteiger partial charge in [0.1, 0.15) is 12.3 Å². The van der Waals surface area contributed by atoms with Crippen LogP contribution in [0.4, 0.5) is 13.2 Å². The van der Waals surface area contributed by atoms with Crippen molar-refractivity contribution in [3.63, 3.8) is 0 Å². The number of amides is 1. The van der Waals surface area contributed by atoms with Crippen LogP contribution in [-0.2, 0) is 6.54 Å². The zero-order valence-corrected chi connectivity index (χ0v) is 14.7. The van der Waals surface area contributed by atoms with Crippen molar-refractivity contribution in [3.8, 4) is 10.9 Å². The second-order valence-electron chi connectivity index (χ2n) is 5.52. The number of nitrogens with zero attached hydrogens (tertiary/aromatic N) is 3. The van der Waals surface area contributed by atoms with Gasteiger partial charge in [-0.25, -0.2) is 4.98 Å². The molecule has 0 saturated heterocycles. The summed E-state index contributed by atoms with van der Waals surface area (Å²) in [4.78, 5) is 21.3. The van der Waals surface area contributed by atoms with E-state index in [2.05, 4.69) is 9.97 Å². The Balaban J connectivity index is 1.76. The van der Waals surface area contributed by atoms with Crippen LogP contribution in [-0.4, -0.2) is 33.5 Å². The number of ether oxygens (including phenoxy) is 1. The molecule has 0 aliphatic carbocycles. The van der Waals surface area contributed by atoms with Crippen molar-refractivity contribution in [2.45, 2.75) is 12.7 Å². The molecule has 3 rings (SSSR count). The summed E-state index contributed by atoms with van der Waals surface area (Å²) in [6, 6.07) is 10.8. The number of carbonyl (C=O) groups is 1. The average Bonchev–Trinajstić information content (AvgIpc) is 3.14. The van der Waals surface area contributed by atoms with Gasteiger partial charge in [-0.3, -0.25) is 9.78 Å². The fraction of sp³-hybridized carbons (Fsp3) is 0.167. The maximum atomic E-state index is 12.9. The minimum Gasteiger partial charge on any atom is -0.431 e. The van der Waals surface area contributed by atoms with Gasteiger partial charge in [0, 0.05) is 23.3 Å². The van der Waals surface area contributed by atoms with Crippen molar-refractivity contribution < 1.29 is 22.7 Å². The van der Waals surface area contributed by atoms with Crippen LogP contribution in [0, 0.1) is 0 Å². The Bertz CT molecular complexity index is 869. The molecule has 9 heteroatoms. The molecule has 1 aromatic carbocycles. The topological polar surface area (TPSA) is 55.3 Å². The largest absolute Gasteiger partial charge is 0.431 e. The van der Waals surface area contributed by atoms with Gasteiger partial charge >= 0.3 is 6.18 Å². The van der Waals surface area contributed by atoms with Crippen molar-refractivity contribution in [2.24, 2.45) is 0 Å². The molecule has 0 radical (unpaired) electrons. The summed E-state index contributed by atoms with van der Waals surface area (Å²) < 4.78 is 44.2. The van der Waals surface area contributed by atoms with Crippen molar-refractivity contribution >= 4 is 17.2 Å². The highest BCUT2D eigenvalue weighted by Gasteiger charge is 2.33. The fourth-order valence-corrected chi connectivity index (χ4v) is 2.82. The molecule has 0 spiro atoms. The van der Waals surface area contributed by atoms with E-state index < -0.39 is 18.6 Å². The molecule has 0 unspecified atom stereocenters. The predicted octanol–water partition coefficient (Wildman–Crippen LogP) is 4.54. The van der Waals surface area contributed by atoms with Gasteiger partial charge in [0.25, 0.3) is 11.1 Å². The van der Waals surface area contributed by atoms with Crippen LogP contribution < -0.4 is 4.74 Å². The van der Waals surface area contributed by atoms with Gasteiger partial charge in [-0.2, -0.15) is 13.2 Å². The summed E-state index contributed by atoms with van der Waals surface area (Å²) in [5.41, 5.74) is 0.500. The lowest BCUT2D eigenvalue weighted by Gasteiger charge is -2.23. The highest BCUT2D eigenvalue weighted by Crippen LogP contribution is 2.25. The van der Waals surface area contributed by atoms with Gasteiger partial charge in [-0.15, -0.1) is 0 Å². The van der Waals surface area contributed by atoms with E-state index in [0.29, 0.717) is 16.6 Å². The van der Waals surface area contributed by atoms with Crippen molar-refractivity contribution in [3.05, 3.63) is 71.5 Å². The average molecular weight is 393 g/mol. The van der Waals surface area contributed by atoms with Gasteiger partial charge in [0.05, 0.1) is 12.2 Å². The summed E-state index contributed by atoms with van der Waals surface area (Å²) in [7, 11) is 0. The monoisotopic (exact) mass is 393 g/mol. The van der Waals surface area contributed by atoms with Crippen molar-refractivity contribution in [2.75, 3.05) is 6.54 Å². The first-order chi connectivity index (χ1) is 12.9. The summed E-state index contributed by atoms with van der Waals surface area (Å²) in [6.07, 6.45) is -1.46. The summed E-state index contributed by atoms with van der Waals surface area (Å²) in [5.74, 6) is -0.299. The Morgan fingerprint density at radius 1 is 1.07 bits per heavy atom. The van der Waals surface area contributed by atoms with Crippen LogP contribution >= 0.6 is 11.3 Å².